The fraction of sp³-hybridized carbons (Fsp3) is 0.472. The zero-order valence-corrected chi connectivity index (χ0v) is 25.9. The van der Waals surface area contributed by atoms with Crippen LogP contribution in [0.1, 0.15) is 57.5 Å². The molecule has 1 amide bonds. The molecule has 3 fully saturated rings. The number of methoxy groups -OCH3 is 2. The largest absolute Gasteiger partial charge is 0.493 e. The van der Waals surface area contributed by atoms with Gasteiger partial charge in [-0.05, 0) is 80.5 Å². The van der Waals surface area contributed by atoms with Crippen molar-refractivity contribution in [1.29, 1.82) is 0 Å². The van der Waals surface area contributed by atoms with Crippen molar-refractivity contribution in [2.75, 3.05) is 32.6 Å². The molecule has 1 saturated heterocycles. The van der Waals surface area contributed by atoms with E-state index in [1.165, 1.54) is 30.2 Å². The number of nitrogens with zero attached hydrogens (tertiary/aromatic N) is 3. The molecule has 7 aliphatic rings. The number of hydrogen-bond acceptors (Lipinski definition) is 7. The molecule has 4 bridgehead atoms. The molecule has 232 valence electrons. The van der Waals surface area contributed by atoms with Crippen molar-refractivity contribution >= 4 is 17.4 Å². The van der Waals surface area contributed by atoms with Crippen LogP contribution in [-0.2, 0) is 23.6 Å². The summed E-state index contributed by atoms with van der Waals surface area (Å²) in [4.78, 5) is 30.1. The number of hydrogen-bond donors (Lipinski definition) is 1. The summed E-state index contributed by atoms with van der Waals surface area (Å²) in [6.07, 6.45) is 12.7. The SMILES string of the molecule is COc1ccc2c3c1O[C@H]1[C@@]4(OC)C=C[C@@]5(C[C@@H]4C(=O)c4ccc(NC(=O)c6cnn(C)c6)cc4)[C@@H](C2)N(CC2CC2)CC[C@]315. The van der Waals surface area contributed by atoms with Crippen molar-refractivity contribution in [2.45, 2.75) is 55.3 Å². The van der Waals surface area contributed by atoms with Gasteiger partial charge in [0, 0.05) is 55.2 Å². The topological polar surface area (TPSA) is 94.9 Å². The van der Waals surface area contributed by atoms with Crippen LogP contribution >= 0.6 is 0 Å². The maximum atomic E-state index is 14.7. The first kappa shape index (κ1) is 27.4. The summed E-state index contributed by atoms with van der Waals surface area (Å²) < 4.78 is 21.0. The number of likely N-dealkylation sites (tertiary alicyclic amines) is 1. The third kappa shape index (κ3) is 3.48. The van der Waals surface area contributed by atoms with Crippen LogP contribution in [0.5, 0.6) is 11.5 Å². The molecular weight excluding hydrogens is 568 g/mol. The average molecular weight is 607 g/mol. The monoisotopic (exact) mass is 606 g/mol. The third-order valence-electron chi connectivity index (χ3n) is 12.0. The van der Waals surface area contributed by atoms with Crippen molar-refractivity contribution in [3.8, 4) is 11.5 Å². The first-order valence-electron chi connectivity index (χ1n) is 16.1. The molecule has 9 nitrogen and oxygen atoms in total. The highest BCUT2D eigenvalue weighted by Crippen LogP contribution is 2.75. The summed E-state index contributed by atoms with van der Waals surface area (Å²) in [7, 11) is 5.20. The molecule has 1 N–H and O–H groups in total. The van der Waals surface area contributed by atoms with Gasteiger partial charge in [0.1, 0.15) is 11.7 Å². The Kier molecular flexibility index (Phi) is 5.65. The highest BCUT2D eigenvalue weighted by atomic mass is 16.6. The van der Waals surface area contributed by atoms with E-state index in [0.717, 1.165) is 43.3 Å². The van der Waals surface area contributed by atoms with Crippen molar-refractivity contribution in [3.63, 3.8) is 0 Å². The van der Waals surface area contributed by atoms with E-state index >= 15 is 0 Å². The van der Waals surface area contributed by atoms with Gasteiger partial charge in [-0.25, -0.2) is 0 Å². The van der Waals surface area contributed by atoms with Crippen molar-refractivity contribution in [2.24, 2.45) is 24.3 Å². The number of amides is 1. The van der Waals surface area contributed by atoms with Crippen LogP contribution in [0.15, 0.2) is 60.9 Å². The minimum atomic E-state index is -0.923. The Labute approximate surface area is 262 Å². The first-order valence-corrected chi connectivity index (χ1v) is 16.1. The number of aromatic nitrogens is 2. The number of carbonyl (C=O) groups excluding carboxylic acids is 2. The smallest absolute Gasteiger partial charge is 0.258 e. The fourth-order valence-electron chi connectivity index (χ4n) is 9.89. The Morgan fingerprint density at radius 1 is 1.09 bits per heavy atom. The lowest BCUT2D eigenvalue weighted by molar-refractivity contribution is -0.206. The molecule has 0 radical (unpaired) electrons. The van der Waals surface area contributed by atoms with Crippen LogP contribution in [0.3, 0.4) is 0 Å². The number of benzene rings is 2. The Morgan fingerprint density at radius 2 is 1.91 bits per heavy atom. The van der Waals surface area contributed by atoms with Crippen molar-refractivity contribution in [3.05, 3.63) is 83.2 Å². The molecule has 3 aromatic rings. The molecule has 6 atom stereocenters. The lowest BCUT2D eigenvalue weighted by atomic mass is 9.36. The Bertz CT molecular complexity index is 1780. The predicted molar refractivity (Wildman–Crippen MR) is 167 cm³/mol. The summed E-state index contributed by atoms with van der Waals surface area (Å²) in [5.74, 6) is 1.75. The number of anilines is 1. The maximum absolute atomic E-state index is 14.7. The molecular formula is C36H38N4O5. The number of piperidine rings is 1. The van der Waals surface area contributed by atoms with E-state index in [0.29, 0.717) is 23.2 Å². The molecule has 10 rings (SSSR count). The van der Waals surface area contributed by atoms with Gasteiger partial charge in [-0.1, -0.05) is 18.2 Å². The summed E-state index contributed by atoms with van der Waals surface area (Å²) in [5.41, 5.74) is 2.88. The van der Waals surface area contributed by atoms with E-state index in [-0.39, 0.29) is 34.7 Å². The van der Waals surface area contributed by atoms with Crippen LogP contribution < -0.4 is 14.8 Å². The van der Waals surface area contributed by atoms with Crippen molar-refractivity contribution in [1.82, 2.24) is 14.7 Å². The van der Waals surface area contributed by atoms with Gasteiger partial charge in [0.2, 0.25) is 0 Å². The molecule has 2 aromatic carbocycles. The van der Waals surface area contributed by atoms with Gasteiger partial charge in [0.05, 0.1) is 30.2 Å². The van der Waals surface area contributed by atoms with Gasteiger partial charge < -0.3 is 19.5 Å². The van der Waals surface area contributed by atoms with Gasteiger partial charge in [-0.2, -0.15) is 5.10 Å². The van der Waals surface area contributed by atoms with Crippen molar-refractivity contribution < 1.29 is 23.8 Å². The van der Waals surface area contributed by atoms with Crippen LogP contribution in [0.2, 0.25) is 0 Å². The van der Waals surface area contributed by atoms with Crippen LogP contribution in [0.4, 0.5) is 5.69 Å². The summed E-state index contributed by atoms with van der Waals surface area (Å²) in [6, 6.07) is 11.8. The highest BCUT2D eigenvalue weighted by Gasteiger charge is 2.80. The lowest BCUT2D eigenvalue weighted by Crippen LogP contribution is -2.79. The first-order chi connectivity index (χ1) is 21.8. The molecule has 5 aliphatic carbocycles. The van der Waals surface area contributed by atoms with E-state index in [1.54, 1.807) is 44.3 Å². The summed E-state index contributed by atoms with van der Waals surface area (Å²) in [5, 5.41) is 6.99. The van der Waals surface area contributed by atoms with Crippen LogP contribution in [0, 0.1) is 17.3 Å². The van der Waals surface area contributed by atoms with E-state index in [4.69, 9.17) is 14.2 Å². The van der Waals surface area contributed by atoms with Gasteiger partial charge >= 0.3 is 0 Å². The predicted octanol–water partition coefficient (Wildman–Crippen LogP) is 4.56. The minimum absolute atomic E-state index is 0.0460. The quantitative estimate of drug-likeness (QED) is 0.297. The summed E-state index contributed by atoms with van der Waals surface area (Å²) in [6.45, 7) is 2.15. The van der Waals surface area contributed by atoms with Gasteiger partial charge in [-0.3, -0.25) is 19.2 Å². The number of fused-ring (bicyclic) bond motifs is 1. The number of rotatable bonds is 8. The highest BCUT2D eigenvalue weighted by molar-refractivity contribution is 6.04. The second kappa shape index (κ2) is 9.30. The molecule has 2 aliphatic heterocycles. The zero-order chi connectivity index (χ0) is 30.7. The second-order valence-electron chi connectivity index (χ2n) is 14.0. The number of ether oxygens (including phenoxy) is 3. The Morgan fingerprint density at radius 3 is 2.62 bits per heavy atom. The Balaban J connectivity index is 1.11. The molecule has 45 heavy (non-hydrogen) atoms. The fourth-order valence-corrected chi connectivity index (χ4v) is 9.89. The average Bonchev–Trinajstić information content (AvgIpc) is 3.64. The Hall–Kier alpha value is -3.95. The third-order valence-corrected chi connectivity index (χ3v) is 12.0. The molecule has 2 spiro atoms. The number of aryl methyl sites for hydroxylation is 1. The van der Waals surface area contributed by atoms with Crippen LogP contribution in [-0.4, -0.2) is 71.4 Å². The molecule has 2 saturated carbocycles. The lowest BCUT2D eigenvalue weighted by Gasteiger charge is -2.71. The number of carbonyl (C=O) groups is 2. The normalized spacial score (nSPS) is 33.4. The standard InChI is InChI=1S/C36H38N4O5/c1-39-20-24(18-37-39)32(42)38-25-9-6-22(7-10-25)30(41)26-17-34-12-13-36(26,44-3)33-35(34)14-15-40(19-21-4-5-21)28(34)16-23-8-11-27(43-2)31(45-33)29(23)35/h6-13,18,20-21,26,28,33H,4-5,14-17,19H2,1-3H3,(H,38,42)/t26-,28-,33-,34-,35+,36-/m1/s1. The van der Waals surface area contributed by atoms with E-state index < -0.39 is 11.5 Å². The zero-order valence-electron chi connectivity index (χ0n) is 25.9. The van der Waals surface area contributed by atoms with Gasteiger partial charge in [0.15, 0.2) is 17.3 Å². The second-order valence-corrected chi connectivity index (χ2v) is 14.0. The molecule has 0 unspecified atom stereocenters. The van der Waals surface area contributed by atoms with E-state index in [9.17, 15) is 9.59 Å². The van der Waals surface area contributed by atoms with Gasteiger partial charge in [0.25, 0.3) is 5.91 Å². The number of nitrogens with one attached hydrogen (secondary N) is 1. The van der Waals surface area contributed by atoms with Crippen LogP contribution in [0.25, 0.3) is 0 Å². The minimum Gasteiger partial charge on any atom is -0.493 e. The van der Waals surface area contributed by atoms with E-state index in [2.05, 4.69) is 33.5 Å². The molecule has 3 heterocycles. The maximum Gasteiger partial charge on any atom is 0.258 e. The number of Topliss-reactive ketones (excluding diaryl/α,β-unsaturated/α-hetero) is 1. The number of ketones is 1. The molecule has 9 heteroatoms. The van der Waals surface area contributed by atoms with Gasteiger partial charge in [-0.15, -0.1) is 0 Å². The van der Waals surface area contributed by atoms with E-state index in [1.807, 2.05) is 18.2 Å². The molecule has 1 aromatic heterocycles. The summed E-state index contributed by atoms with van der Waals surface area (Å²) >= 11 is 0.